The van der Waals surface area contributed by atoms with Crippen molar-refractivity contribution in [3.05, 3.63) is 24.0 Å². The minimum absolute atomic E-state index is 0.738. The van der Waals surface area contributed by atoms with Crippen LogP contribution in [0.4, 0.5) is 0 Å². The van der Waals surface area contributed by atoms with E-state index in [0.717, 1.165) is 12.4 Å². The van der Waals surface area contributed by atoms with Crippen molar-refractivity contribution in [2.45, 2.75) is 20.8 Å². The second kappa shape index (κ2) is 5.42. The molecule has 0 fully saturated rings. The first-order valence-corrected chi connectivity index (χ1v) is 3.36. The van der Waals surface area contributed by atoms with Crippen LogP contribution in [0.25, 0.3) is 0 Å². The third-order valence-electron chi connectivity index (χ3n) is 0.874. The van der Waals surface area contributed by atoms with E-state index >= 15 is 0 Å². The van der Waals surface area contributed by atoms with Crippen LogP contribution in [0.15, 0.2) is 24.0 Å². The summed E-state index contributed by atoms with van der Waals surface area (Å²) in [5.74, 6) is 1.00. The second-order valence-electron chi connectivity index (χ2n) is 1.52. The SMILES string of the molecule is CC.CC1=CC=CCO1. The summed E-state index contributed by atoms with van der Waals surface area (Å²) in [5.41, 5.74) is 0. The molecule has 0 unspecified atom stereocenters. The third-order valence-corrected chi connectivity index (χ3v) is 0.874. The zero-order valence-electron chi connectivity index (χ0n) is 6.35. The molecule has 0 saturated carbocycles. The van der Waals surface area contributed by atoms with Gasteiger partial charge in [-0.25, -0.2) is 0 Å². The molecule has 0 amide bonds. The van der Waals surface area contributed by atoms with Crippen molar-refractivity contribution in [3.8, 4) is 0 Å². The lowest BCUT2D eigenvalue weighted by Crippen LogP contribution is -1.90. The molecular weight excluding hydrogens is 112 g/mol. The topological polar surface area (TPSA) is 9.23 Å². The van der Waals surface area contributed by atoms with Crippen molar-refractivity contribution >= 4 is 0 Å². The molecule has 52 valence electrons. The molecule has 0 aromatic heterocycles. The van der Waals surface area contributed by atoms with Gasteiger partial charge in [-0.05, 0) is 19.1 Å². The van der Waals surface area contributed by atoms with Gasteiger partial charge in [0.25, 0.3) is 0 Å². The summed E-state index contributed by atoms with van der Waals surface area (Å²) in [5, 5.41) is 0. The molecule has 0 atom stereocenters. The van der Waals surface area contributed by atoms with Gasteiger partial charge in [-0.15, -0.1) is 0 Å². The summed E-state index contributed by atoms with van der Waals surface area (Å²) < 4.78 is 5.05. The molecule has 0 aromatic carbocycles. The minimum atomic E-state index is 0.738. The molecule has 1 rings (SSSR count). The molecule has 0 N–H and O–H groups in total. The second-order valence-corrected chi connectivity index (χ2v) is 1.52. The number of rotatable bonds is 0. The Labute approximate surface area is 57.0 Å². The van der Waals surface area contributed by atoms with Crippen molar-refractivity contribution in [2.24, 2.45) is 0 Å². The third kappa shape index (κ3) is 3.83. The predicted molar refractivity (Wildman–Crippen MR) is 40.2 cm³/mol. The minimum Gasteiger partial charge on any atom is -0.494 e. The van der Waals surface area contributed by atoms with Crippen LogP contribution in [0, 0.1) is 0 Å². The van der Waals surface area contributed by atoms with Crippen molar-refractivity contribution in [3.63, 3.8) is 0 Å². The highest BCUT2D eigenvalue weighted by Gasteiger charge is 1.87. The molecule has 0 spiro atoms. The summed E-state index contributed by atoms with van der Waals surface area (Å²) >= 11 is 0. The Morgan fingerprint density at radius 2 is 2.11 bits per heavy atom. The van der Waals surface area contributed by atoms with Gasteiger partial charge in [0.2, 0.25) is 0 Å². The lowest BCUT2D eigenvalue weighted by atomic mass is 10.4. The van der Waals surface area contributed by atoms with Crippen LogP contribution in [0.5, 0.6) is 0 Å². The normalized spacial score (nSPS) is 14.8. The van der Waals surface area contributed by atoms with E-state index < -0.39 is 0 Å². The standard InChI is InChI=1S/C6H8O.C2H6/c1-6-4-2-3-5-7-6;1-2/h2-4H,5H2,1H3;1-2H3. The van der Waals surface area contributed by atoms with Crippen LogP contribution in [0.1, 0.15) is 20.8 Å². The van der Waals surface area contributed by atoms with Gasteiger partial charge >= 0.3 is 0 Å². The van der Waals surface area contributed by atoms with Crippen molar-refractivity contribution in [1.82, 2.24) is 0 Å². The van der Waals surface area contributed by atoms with E-state index in [1.54, 1.807) is 0 Å². The number of ether oxygens (including phenoxy) is 1. The van der Waals surface area contributed by atoms with Crippen LogP contribution in [-0.2, 0) is 4.74 Å². The zero-order chi connectivity index (χ0) is 7.11. The average Bonchev–Trinajstić information content (AvgIpc) is 1.94. The molecule has 1 nitrogen and oxygen atoms in total. The fraction of sp³-hybridized carbons (Fsp3) is 0.500. The fourth-order valence-electron chi connectivity index (χ4n) is 0.487. The van der Waals surface area contributed by atoms with Gasteiger partial charge in [0.05, 0.1) is 5.76 Å². The number of hydrogen-bond acceptors (Lipinski definition) is 1. The Kier molecular flexibility index (Phi) is 4.98. The molecule has 1 aliphatic heterocycles. The summed E-state index contributed by atoms with van der Waals surface area (Å²) in [4.78, 5) is 0. The molecule has 0 bridgehead atoms. The van der Waals surface area contributed by atoms with Gasteiger partial charge in [0.15, 0.2) is 0 Å². The Bertz CT molecular complexity index is 112. The van der Waals surface area contributed by atoms with E-state index in [-0.39, 0.29) is 0 Å². The number of hydrogen-bond donors (Lipinski definition) is 0. The van der Waals surface area contributed by atoms with Gasteiger partial charge in [0, 0.05) is 0 Å². The first-order valence-electron chi connectivity index (χ1n) is 3.36. The van der Waals surface area contributed by atoms with E-state index in [9.17, 15) is 0 Å². The Morgan fingerprint density at radius 3 is 2.33 bits per heavy atom. The van der Waals surface area contributed by atoms with Crippen molar-refractivity contribution in [2.75, 3.05) is 6.61 Å². The average molecular weight is 126 g/mol. The van der Waals surface area contributed by atoms with Gasteiger partial charge in [0.1, 0.15) is 6.61 Å². The molecule has 0 aliphatic carbocycles. The first-order chi connectivity index (χ1) is 4.39. The summed E-state index contributed by atoms with van der Waals surface area (Å²) in [6.45, 7) is 6.69. The van der Waals surface area contributed by atoms with Gasteiger partial charge in [-0.2, -0.15) is 0 Å². The maximum atomic E-state index is 5.05. The van der Waals surface area contributed by atoms with E-state index in [0.29, 0.717) is 0 Å². The van der Waals surface area contributed by atoms with Gasteiger partial charge in [-0.1, -0.05) is 19.9 Å². The quantitative estimate of drug-likeness (QED) is 0.484. The Hall–Kier alpha value is -0.720. The highest BCUT2D eigenvalue weighted by molar-refractivity contribution is 5.09. The maximum Gasteiger partial charge on any atom is 0.106 e. The van der Waals surface area contributed by atoms with Crippen LogP contribution >= 0.6 is 0 Å². The number of allylic oxidation sites excluding steroid dienone is 3. The van der Waals surface area contributed by atoms with Crippen LogP contribution < -0.4 is 0 Å². The summed E-state index contributed by atoms with van der Waals surface area (Å²) in [7, 11) is 0. The summed E-state index contributed by atoms with van der Waals surface area (Å²) in [6.07, 6.45) is 5.93. The van der Waals surface area contributed by atoms with E-state index in [1.165, 1.54) is 0 Å². The monoisotopic (exact) mass is 126 g/mol. The fourth-order valence-corrected chi connectivity index (χ4v) is 0.487. The zero-order valence-corrected chi connectivity index (χ0v) is 6.35. The first kappa shape index (κ1) is 8.28. The van der Waals surface area contributed by atoms with Crippen LogP contribution in [0.2, 0.25) is 0 Å². The molecule has 1 aliphatic rings. The molecule has 1 heterocycles. The predicted octanol–water partition coefficient (Wildman–Crippen LogP) is 2.50. The molecule has 0 saturated heterocycles. The smallest absolute Gasteiger partial charge is 0.106 e. The summed E-state index contributed by atoms with van der Waals surface area (Å²) in [6, 6.07) is 0. The van der Waals surface area contributed by atoms with Gasteiger partial charge in [-0.3, -0.25) is 0 Å². The highest BCUT2D eigenvalue weighted by atomic mass is 16.5. The van der Waals surface area contributed by atoms with Crippen LogP contribution in [0.3, 0.4) is 0 Å². The van der Waals surface area contributed by atoms with Gasteiger partial charge < -0.3 is 4.74 Å². The highest BCUT2D eigenvalue weighted by Crippen LogP contribution is 1.99. The van der Waals surface area contributed by atoms with Crippen LogP contribution in [-0.4, -0.2) is 6.61 Å². The molecule has 1 heteroatoms. The molecular formula is C8H14O. The Morgan fingerprint density at radius 1 is 1.44 bits per heavy atom. The molecule has 0 aromatic rings. The lowest BCUT2D eigenvalue weighted by Gasteiger charge is -2.03. The largest absolute Gasteiger partial charge is 0.494 e. The van der Waals surface area contributed by atoms with Crippen molar-refractivity contribution in [1.29, 1.82) is 0 Å². The van der Waals surface area contributed by atoms with E-state index in [4.69, 9.17) is 4.74 Å². The van der Waals surface area contributed by atoms with E-state index in [2.05, 4.69) is 0 Å². The Balaban J connectivity index is 0.000000291. The maximum absolute atomic E-state index is 5.05. The lowest BCUT2D eigenvalue weighted by molar-refractivity contribution is 0.246. The van der Waals surface area contributed by atoms with Crippen molar-refractivity contribution < 1.29 is 4.74 Å². The molecule has 0 radical (unpaired) electrons. The molecule has 9 heavy (non-hydrogen) atoms. The van der Waals surface area contributed by atoms with E-state index in [1.807, 2.05) is 39.0 Å².